The van der Waals surface area contributed by atoms with E-state index in [4.69, 9.17) is 9.47 Å². The average molecular weight is 314 g/mol. The van der Waals surface area contributed by atoms with Crippen LogP contribution < -0.4 is 4.74 Å². The van der Waals surface area contributed by atoms with E-state index in [1.165, 1.54) is 7.11 Å². The van der Waals surface area contributed by atoms with Gasteiger partial charge in [-0.05, 0) is 47.7 Å². The van der Waals surface area contributed by atoms with Gasteiger partial charge in [0.05, 0.1) is 13.0 Å². The summed E-state index contributed by atoms with van der Waals surface area (Å²) < 4.78 is 11.5. The summed E-state index contributed by atoms with van der Waals surface area (Å²) in [5.41, 5.74) is 0. The van der Waals surface area contributed by atoms with Gasteiger partial charge < -0.3 is 9.47 Å². The van der Waals surface area contributed by atoms with Crippen LogP contribution in [0.25, 0.3) is 0 Å². The molecule has 0 bridgehead atoms. The molecule has 98 valence electrons. The van der Waals surface area contributed by atoms with E-state index in [2.05, 4.69) is 20.9 Å². The average Bonchev–Trinajstić information content (AvgIpc) is 2.41. The van der Waals surface area contributed by atoms with Gasteiger partial charge in [0, 0.05) is 16.7 Å². The Labute approximate surface area is 115 Å². The Kier molecular flexibility index (Phi) is 4.58. The molecule has 0 unspecified atom stereocenters. The van der Waals surface area contributed by atoms with Crippen LogP contribution in [0.15, 0.2) is 22.8 Å². The molecule has 2 rings (SSSR count). The van der Waals surface area contributed by atoms with Crippen LogP contribution in [0.3, 0.4) is 0 Å². The number of esters is 1. The van der Waals surface area contributed by atoms with Gasteiger partial charge in [0.2, 0.25) is 5.88 Å². The molecule has 1 heterocycles. The van der Waals surface area contributed by atoms with E-state index < -0.39 is 0 Å². The minimum Gasteiger partial charge on any atom is -0.474 e. The maximum absolute atomic E-state index is 11.4. The fourth-order valence-electron chi connectivity index (χ4n) is 2.19. The van der Waals surface area contributed by atoms with E-state index in [1.807, 2.05) is 12.1 Å². The summed E-state index contributed by atoms with van der Waals surface area (Å²) in [7, 11) is 1.44. The van der Waals surface area contributed by atoms with Crippen LogP contribution in [0.4, 0.5) is 0 Å². The van der Waals surface area contributed by atoms with Crippen molar-refractivity contribution in [3.8, 4) is 5.88 Å². The second kappa shape index (κ2) is 6.18. The molecule has 1 saturated carbocycles. The monoisotopic (exact) mass is 313 g/mol. The molecule has 1 aromatic heterocycles. The van der Waals surface area contributed by atoms with Crippen LogP contribution in [-0.2, 0) is 9.53 Å². The van der Waals surface area contributed by atoms with Crippen molar-refractivity contribution in [3.63, 3.8) is 0 Å². The number of methoxy groups -OCH3 is 1. The number of hydrogen-bond donors (Lipinski definition) is 0. The number of pyridine rings is 1. The minimum atomic E-state index is -0.102. The normalized spacial score (nSPS) is 23.4. The smallest absolute Gasteiger partial charge is 0.308 e. The minimum absolute atomic E-state index is 0.0349. The largest absolute Gasteiger partial charge is 0.474 e. The Morgan fingerprint density at radius 3 is 2.61 bits per heavy atom. The molecular formula is C13H16BrNO3. The predicted octanol–water partition coefficient (Wildman–Crippen LogP) is 2.95. The van der Waals surface area contributed by atoms with E-state index in [9.17, 15) is 4.79 Å². The summed E-state index contributed by atoms with van der Waals surface area (Å²) >= 11 is 3.33. The summed E-state index contributed by atoms with van der Waals surface area (Å²) in [5, 5.41) is 0. The molecular weight excluding hydrogens is 298 g/mol. The zero-order chi connectivity index (χ0) is 13.0. The highest BCUT2D eigenvalue weighted by atomic mass is 79.9. The summed E-state index contributed by atoms with van der Waals surface area (Å²) in [6.07, 6.45) is 5.27. The molecule has 0 N–H and O–H groups in total. The molecule has 0 aromatic carbocycles. The summed E-state index contributed by atoms with van der Waals surface area (Å²) in [6, 6.07) is 3.75. The molecule has 0 spiro atoms. The van der Waals surface area contributed by atoms with Gasteiger partial charge in [-0.1, -0.05) is 0 Å². The van der Waals surface area contributed by atoms with E-state index >= 15 is 0 Å². The quantitative estimate of drug-likeness (QED) is 0.805. The highest BCUT2D eigenvalue weighted by Gasteiger charge is 2.27. The van der Waals surface area contributed by atoms with Crippen molar-refractivity contribution < 1.29 is 14.3 Å². The van der Waals surface area contributed by atoms with Crippen LogP contribution in [0.5, 0.6) is 5.88 Å². The number of nitrogens with zero attached hydrogens (tertiary/aromatic N) is 1. The lowest BCUT2D eigenvalue weighted by molar-refractivity contribution is -0.147. The lowest BCUT2D eigenvalue weighted by Gasteiger charge is -2.27. The molecule has 0 atom stereocenters. The molecule has 1 aliphatic carbocycles. The molecule has 1 aromatic rings. The lowest BCUT2D eigenvalue weighted by Crippen LogP contribution is -2.28. The third-order valence-electron chi connectivity index (χ3n) is 3.20. The number of carbonyl (C=O) groups excluding carboxylic acids is 1. The van der Waals surface area contributed by atoms with Crippen LogP contribution >= 0.6 is 15.9 Å². The molecule has 5 heteroatoms. The number of ether oxygens (including phenoxy) is 2. The van der Waals surface area contributed by atoms with E-state index in [0.29, 0.717) is 5.88 Å². The third-order valence-corrected chi connectivity index (χ3v) is 3.67. The fourth-order valence-corrected chi connectivity index (χ4v) is 2.42. The van der Waals surface area contributed by atoms with E-state index in [1.54, 1.807) is 6.20 Å². The van der Waals surface area contributed by atoms with Gasteiger partial charge in [-0.3, -0.25) is 4.79 Å². The molecule has 4 nitrogen and oxygen atoms in total. The first-order chi connectivity index (χ1) is 8.69. The summed E-state index contributed by atoms with van der Waals surface area (Å²) in [4.78, 5) is 15.6. The number of rotatable bonds is 3. The Bertz CT molecular complexity index is 399. The number of aromatic nitrogens is 1. The van der Waals surface area contributed by atoms with Gasteiger partial charge >= 0.3 is 5.97 Å². The van der Waals surface area contributed by atoms with E-state index in [0.717, 1.165) is 30.2 Å². The van der Waals surface area contributed by atoms with Crippen molar-refractivity contribution in [2.45, 2.75) is 31.8 Å². The van der Waals surface area contributed by atoms with Crippen molar-refractivity contribution >= 4 is 21.9 Å². The van der Waals surface area contributed by atoms with Crippen LogP contribution in [0.2, 0.25) is 0 Å². The first-order valence-electron chi connectivity index (χ1n) is 6.05. The van der Waals surface area contributed by atoms with Gasteiger partial charge in [0.25, 0.3) is 0 Å². The standard InChI is InChI=1S/C13H16BrNO3/c1-17-13(16)9-2-5-11(6-3-9)18-12-7-4-10(14)8-15-12/h4,7-9,11H,2-3,5-6H2,1H3. The van der Waals surface area contributed by atoms with Gasteiger partial charge in [0.15, 0.2) is 0 Å². The van der Waals surface area contributed by atoms with Crippen LogP contribution in [-0.4, -0.2) is 24.2 Å². The second-order valence-corrected chi connectivity index (χ2v) is 5.34. The van der Waals surface area contributed by atoms with Crippen molar-refractivity contribution in [1.29, 1.82) is 0 Å². The Balaban J connectivity index is 1.83. The van der Waals surface area contributed by atoms with Crippen molar-refractivity contribution in [1.82, 2.24) is 4.98 Å². The topological polar surface area (TPSA) is 48.4 Å². The van der Waals surface area contributed by atoms with Gasteiger partial charge in [0.1, 0.15) is 6.10 Å². The van der Waals surface area contributed by atoms with Crippen molar-refractivity contribution in [2.75, 3.05) is 7.11 Å². The Morgan fingerprint density at radius 1 is 1.33 bits per heavy atom. The third kappa shape index (κ3) is 3.45. The van der Waals surface area contributed by atoms with Gasteiger partial charge in [-0.2, -0.15) is 0 Å². The van der Waals surface area contributed by atoms with Crippen molar-refractivity contribution in [3.05, 3.63) is 22.8 Å². The first-order valence-corrected chi connectivity index (χ1v) is 6.84. The molecule has 0 aliphatic heterocycles. The van der Waals surface area contributed by atoms with E-state index in [-0.39, 0.29) is 18.0 Å². The number of carbonyl (C=O) groups is 1. The summed E-state index contributed by atoms with van der Waals surface area (Å²) in [6.45, 7) is 0. The molecule has 18 heavy (non-hydrogen) atoms. The summed E-state index contributed by atoms with van der Waals surface area (Å²) in [5.74, 6) is 0.572. The Morgan fingerprint density at radius 2 is 2.06 bits per heavy atom. The highest BCUT2D eigenvalue weighted by Crippen LogP contribution is 2.28. The predicted molar refractivity (Wildman–Crippen MR) is 70.3 cm³/mol. The first kappa shape index (κ1) is 13.3. The highest BCUT2D eigenvalue weighted by molar-refractivity contribution is 9.10. The van der Waals surface area contributed by atoms with Crippen LogP contribution in [0, 0.1) is 5.92 Å². The van der Waals surface area contributed by atoms with Crippen molar-refractivity contribution in [2.24, 2.45) is 5.92 Å². The van der Waals surface area contributed by atoms with Gasteiger partial charge in [-0.25, -0.2) is 4.98 Å². The maximum Gasteiger partial charge on any atom is 0.308 e. The lowest BCUT2D eigenvalue weighted by atomic mass is 9.87. The van der Waals surface area contributed by atoms with Crippen LogP contribution in [0.1, 0.15) is 25.7 Å². The fraction of sp³-hybridized carbons (Fsp3) is 0.538. The zero-order valence-corrected chi connectivity index (χ0v) is 11.9. The maximum atomic E-state index is 11.4. The molecule has 1 fully saturated rings. The molecule has 0 saturated heterocycles. The SMILES string of the molecule is COC(=O)C1CCC(Oc2ccc(Br)cn2)CC1. The number of hydrogen-bond acceptors (Lipinski definition) is 4. The molecule has 1 aliphatic rings. The molecule has 0 amide bonds. The zero-order valence-electron chi connectivity index (χ0n) is 10.3. The molecule has 0 radical (unpaired) electrons. The Hall–Kier alpha value is -1.10. The number of halogens is 1. The van der Waals surface area contributed by atoms with Gasteiger partial charge in [-0.15, -0.1) is 0 Å². The second-order valence-electron chi connectivity index (χ2n) is 4.43.